The zero-order chi connectivity index (χ0) is 11.7. The van der Waals surface area contributed by atoms with Crippen molar-refractivity contribution in [2.45, 2.75) is 46.5 Å². The minimum absolute atomic E-state index is 0.560. The molecule has 0 saturated heterocycles. The smallest absolute Gasteiger partial charge is 0.154 e. The third-order valence-corrected chi connectivity index (χ3v) is 3.20. The van der Waals surface area contributed by atoms with E-state index in [2.05, 4.69) is 30.9 Å². The van der Waals surface area contributed by atoms with Crippen molar-refractivity contribution < 1.29 is 0 Å². The third kappa shape index (κ3) is 1.70. The SMILES string of the molecule is CCC(CC)c1c(C)nc2ccc(C)nn12. The highest BCUT2D eigenvalue weighted by Crippen LogP contribution is 2.26. The Morgan fingerprint density at radius 1 is 1.19 bits per heavy atom. The van der Waals surface area contributed by atoms with E-state index in [-0.39, 0.29) is 0 Å². The molecule has 0 spiro atoms. The van der Waals surface area contributed by atoms with Crippen LogP contribution in [-0.2, 0) is 0 Å². The maximum atomic E-state index is 4.57. The second-order valence-corrected chi connectivity index (χ2v) is 4.34. The van der Waals surface area contributed by atoms with Crippen LogP contribution in [-0.4, -0.2) is 14.6 Å². The molecule has 0 atom stereocenters. The molecule has 2 aromatic rings. The van der Waals surface area contributed by atoms with Gasteiger partial charge < -0.3 is 0 Å². The molecule has 0 aliphatic rings. The summed E-state index contributed by atoms with van der Waals surface area (Å²) >= 11 is 0. The third-order valence-electron chi connectivity index (χ3n) is 3.20. The van der Waals surface area contributed by atoms with Gasteiger partial charge in [-0.25, -0.2) is 9.50 Å². The van der Waals surface area contributed by atoms with E-state index >= 15 is 0 Å². The van der Waals surface area contributed by atoms with Crippen molar-refractivity contribution in [3.05, 3.63) is 29.2 Å². The summed E-state index contributed by atoms with van der Waals surface area (Å²) in [6.07, 6.45) is 2.28. The monoisotopic (exact) mass is 217 g/mol. The minimum atomic E-state index is 0.560. The van der Waals surface area contributed by atoms with Crippen molar-refractivity contribution >= 4 is 5.65 Å². The van der Waals surface area contributed by atoms with E-state index in [0.29, 0.717) is 5.92 Å². The van der Waals surface area contributed by atoms with Gasteiger partial charge in [0.2, 0.25) is 0 Å². The first-order valence-electron chi connectivity index (χ1n) is 6.00. The number of aromatic nitrogens is 3. The van der Waals surface area contributed by atoms with Gasteiger partial charge in [-0.3, -0.25) is 0 Å². The topological polar surface area (TPSA) is 30.2 Å². The van der Waals surface area contributed by atoms with Crippen LogP contribution in [0.2, 0.25) is 0 Å². The molecule has 0 amide bonds. The molecular weight excluding hydrogens is 198 g/mol. The standard InChI is InChI=1S/C13H19N3/c1-5-11(6-2)13-10(4)14-12-8-7-9(3)15-16(12)13/h7-8,11H,5-6H2,1-4H3. The van der Waals surface area contributed by atoms with Crippen LogP contribution < -0.4 is 0 Å². The molecule has 0 unspecified atom stereocenters. The molecule has 2 rings (SSSR count). The quantitative estimate of drug-likeness (QED) is 0.790. The van der Waals surface area contributed by atoms with Crippen LogP contribution in [0.1, 0.15) is 49.7 Å². The fraction of sp³-hybridized carbons (Fsp3) is 0.538. The predicted molar refractivity (Wildman–Crippen MR) is 65.8 cm³/mol. The summed E-state index contributed by atoms with van der Waals surface area (Å²) in [5.74, 6) is 0.560. The van der Waals surface area contributed by atoms with E-state index in [1.165, 1.54) is 5.69 Å². The van der Waals surface area contributed by atoms with E-state index in [9.17, 15) is 0 Å². The molecule has 0 saturated carbocycles. The largest absolute Gasteiger partial charge is 0.232 e. The van der Waals surface area contributed by atoms with E-state index in [1.54, 1.807) is 0 Å². The Bertz CT molecular complexity index is 495. The molecular formula is C13H19N3. The normalized spacial score (nSPS) is 11.6. The van der Waals surface area contributed by atoms with Crippen molar-refractivity contribution in [3.8, 4) is 0 Å². The molecule has 0 aromatic carbocycles. The highest BCUT2D eigenvalue weighted by molar-refractivity contribution is 5.42. The Kier molecular flexibility index (Phi) is 2.95. The lowest BCUT2D eigenvalue weighted by Crippen LogP contribution is -2.05. The van der Waals surface area contributed by atoms with Gasteiger partial charge >= 0.3 is 0 Å². The second-order valence-electron chi connectivity index (χ2n) is 4.34. The zero-order valence-corrected chi connectivity index (χ0v) is 10.5. The van der Waals surface area contributed by atoms with Gasteiger partial charge in [0.05, 0.1) is 17.1 Å². The van der Waals surface area contributed by atoms with Gasteiger partial charge in [0.25, 0.3) is 0 Å². The summed E-state index contributed by atoms with van der Waals surface area (Å²) in [6.45, 7) is 8.55. The predicted octanol–water partition coefficient (Wildman–Crippen LogP) is 3.25. The Morgan fingerprint density at radius 2 is 1.88 bits per heavy atom. The number of imidazole rings is 1. The molecule has 86 valence electrons. The van der Waals surface area contributed by atoms with Gasteiger partial charge in [0.1, 0.15) is 0 Å². The van der Waals surface area contributed by atoms with Crippen molar-refractivity contribution in [3.63, 3.8) is 0 Å². The summed E-state index contributed by atoms with van der Waals surface area (Å²) in [4.78, 5) is 4.57. The maximum absolute atomic E-state index is 4.57. The van der Waals surface area contributed by atoms with Gasteiger partial charge in [-0.2, -0.15) is 5.10 Å². The van der Waals surface area contributed by atoms with Gasteiger partial charge in [0.15, 0.2) is 5.65 Å². The molecule has 2 aromatic heterocycles. The molecule has 0 aliphatic carbocycles. The molecule has 0 bridgehead atoms. The van der Waals surface area contributed by atoms with Crippen LogP contribution in [0, 0.1) is 13.8 Å². The molecule has 3 nitrogen and oxygen atoms in total. The first-order chi connectivity index (χ1) is 7.67. The maximum Gasteiger partial charge on any atom is 0.154 e. The number of nitrogens with zero attached hydrogens (tertiary/aromatic N) is 3. The Hall–Kier alpha value is -1.38. The summed E-state index contributed by atoms with van der Waals surface area (Å²) in [5.41, 5.74) is 4.40. The van der Waals surface area contributed by atoms with E-state index in [4.69, 9.17) is 0 Å². The molecule has 0 fully saturated rings. The van der Waals surface area contributed by atoms with Crippen molar-refractivity contribution in [1.82, 2.24) is 14.6 Å². The van der Waals surface area contributed by atoms with E-state index in [0.717, 1.165) is 29.9 Å². The molecule has 0 aliphatic heterocycles. The molecule has 16 heavy (non-hydrogen) atoms. The zero-order valence-electron chi connectivity index (χ0n) is 10.5. The Morgan fingerprint density at radius 3 is 2.50 bits per heavy atom. The molecule has 0 radical (unpaired) electrons. The fourth-order valence-corrected chi connectivity index (χ4v) is 2.30. The summed E-state index contributed by atoms with van der Waals surface area (Å²) in [5, 5.41) is 4.57. The van der Waals surface area contributed by atoms with E-state index < -0.39 is 0 Å². The lowest BCUT2D eigenvalue weighted by atomic mass is 9.98. The van der Waals surface area contributed by atoms with Crippen LogP contribution >= 0.6 is 0 Å². The lowest BCUT2D eigenvalue weighted by Gasteiger charge is -2.12. The van der Waals surface area contributed by atoms with Gasteiger partial charge in [-0.15, -0.1) is 0 Å². The van der Waals surface area contributed by atoms with Gasteiger partial charge in [-0.1, -0.05) is 13.8 Å². The Balaban J connectivity index is 2.66. The van der Waals surface area contributed by atoms with Crippen LogP contribution in [0.3, 0.4) is 0 Å². The average molecular weight is 217 g/mol. The highest BCUT2D eigenvalue weighted by Gasteiger charge is 2.17. The number of fused-ring (bicyclic) bond motifs is 1. The lowest BCUT2D eigenvalue weighted by molar-refractivity contribution is 0.599. The molecule has 3 heteroatoms. The minimum Gasteiger partial charge on any atom is -0.232 e. The number of rotatable bonds is 3. The van der Waals surface area contributed by atoms with E-state index in [1.807, 2.05) is 23.6 Å². The summed E-state index contributed by atoms with van der Waals surface area (Å²) in [6, 6.07) is 4.06. The average Bonchev–Trinajstić information content (AvgIpc) is 2.58. The van der Waals surface area contributed by atoms with Crippen LogP contribution in [0.4, 0.5) is 0 Å². The van der Waals surface area contributed by atoms with Crippen molar-refractivity contribution in [2.75, 3.05) is 0 Å². The first-order valence-corrected chi connectivity index (χ1v) is 6.00. The van der Waals surface area contributed by atoms with Crippen LogP contribution in [0.5, 0.6) is 0 Å². The van der Waals surface area contributed by atoms with Gasteiger partial charge in [-0.05, 0) is 38.8 Å². The number of hydrogen-bond acceptors (Lipinski definition) is 2. The first kappa shape index (κ1) is 11.1. The van der Waals surface area contributed by atoms with Gasteiger partial charge in [0, 0.05) is 5.92 Å². The van der Waals surface area contributed by atoms with Crippen molar-refractivity contribution in [1.29, 1.82) is 0 Å². The summed E-state index contributed by atoms with van der Waals surface area (Å²) in [7, 11) is 0. The van der Waals surface area contributed by atoms with Crippen molar-refractivity contribution in [2.24, 2.45) is 0 Å². The molecule has 2 heterocycles. The highest BCUT2D eigenvalue weighted by atomic mass is 15.3. The Labute approximate surface area is 96.5 Å². The van der Waals surface area contributed by atoms with Crippen LogP contribution in [0.15, 0.2) is 12.1 Å². The molecule has 0 N–H and O–H groups in total. The fourth-order valence-electron chi connectivity index (χ4n) is 2.30. The van der Waals surface area contributed by atoms with Crippen LogP contribution in [0.25, 0.3) is 5.65 Å². The second kappa shape index (κ2) is 4.24. The number of aryl methyl sites for hydroxylation is 2. The number of hydrogen-bond donors (Lipinski definition) is 0. The summed E-state index contributed by atoms with van der Waals surface area (Å²) < 4.78 is 2.02.